The molecule has 8 nitrogen and oxygen atoms in total. The number of aliphatic hydroxyl groups is 1. The second-order valence-corrected chi connectivity index (χ2v) is 8.67. The van der Waals surface area contributed by atoms with Crippen molar-refractivity contribution in [1.82, 2.24) is 19.8 Å². The maximum absolute atomic E-state index is 13.0. The Bertz CT molecular complexity index is 1440. The van der Waals surface area contributed by atoms with Crippen molar-refractivity contribution in [2.45, 2.75) is 12.6 Å². The molecule has 2 amide bonds. The highest BCUT2D eigenvalue weighted by molar-refractivity contribution is 6.50. The molecule has 5 rings (SSSR count). The summed E-state index contributed by atoms with van der Waals surface area (Å²) in [4.78, 5) is 31.1. The van der Waals surface area contributed by atoms with Crippen LogP contribution in [-0.4, -0.2) is 58.1 Å². The van der Waals surface area contributed by atoms with E-state index in [-0.39, 0.29) is 0 Å². The van der Waals surface area contributed by atoms with E-state index in [4.69, 9.17) is 5.73 Å². The summed E-state index contributed by atoms with van der Waals surface area (Å²) in [6, 6.07) is 13.1. The van der Waals surface area contributed by atoms with Crippen molar-refractivity contribution in [1.29, 1.82) is 0 Å². The van der Waals surface area contributed by atoms with E-state index >= 15 is 0 Å². The minimum atomic E-state index is -0.609. The van der Waals surface area contributed by atoms with Gasteiger partial charge in [-0.05, 0) is 38.4 Å². The molecule has 0 bridgehead atoms. The lowest BCUT2D eigenvalue weighted by molar-refractivity contribution is -0.122. The molecule has 0 spiro atoms. The smallest absolute Gasteiger partial charge is 0.259 e. The number of para-hydroxylation sites is 1. The molecule has 0 fully saturated rings. The average Bonchev–Trinajstić information content (AvgIpc) is 3.40. The van der Waals surface area contributed by atoms with Gasteiger partial charge in [-0.1, -0.05) is 18.2 Å². The first kappa shape index (κ1) is 21.0. The van der Waals surface area contributed by atoms with Crippen molar-refractivity contribution in [3.8, 4) is 0 Å². The van der Waals surface area contributed by atoms with Gasteiger partial charge in [0.2, 0.25) is 0 Å². The van der Waals surface area contributed by atoms with Gasteiger partial charge in [-0.15, -0.1) is 0 Å². The van der Waals surface area contributed by atoms with Crippen LogP contribution >= 0.6 is 0 Å². The monoisotopic (exact) mass is 443 g/mol. The first-order valence-electron chi connectivity index (χ1n) is 10.7. The molecule has 1 atom stereocenters. The van der Waals surface area contributed by atoms with Crippen LogP contribution in [0.3, 0.4) is 0 Å². The van der Waals surface area contributed by atoms with E-state index in [9.17, 15) is 14.7 Å². The first-order chi connectivity index (χ1) is 15.8. The van der Waals surface area contributed by atoms with Gasteiger partial charge in [-0.25, -0.2) is 0 Å². The van der Waals surface area contributed by atoms with Crippen LogP contribution in [0, 0.1) is 0 Å². The Labute approximate surface area is 190 Å². The zero-order valence-corrected chi connectivity index (χ0v) is 18.4. The van der Waals surface area contributed by atoms with Crippen LogP contribution in [0.25, 0.3) is 33.0 Å². The third-order valence-electron chi connectivity index (χ3n) is 5.95. The van der Waals surface area contributed by atoms with Crippen LogP contribution in [0.5, 0.6) is 0 Å². The zero-order valence-electron chi connectivity index (χ0n) is 18.4. The summed E-state index contributed by atoms with van der Waals surface area (Å²) in [6.45, 7) is 0.829. The Morgan fingerprint density at radius 3 is 2.52 bits per heavy atom. The van der Waals surface area contributed by atoms with E-state index < -0.39 is 17.9 Å². The molecule has 0 aliphatic carbocycles. The second-order valence-electron chi connectivity index (χ2n) is 8.67. The zero-order chi connectivity index (χ0) is 23.3. The lowest BCUT2D eigenvalue weighted by Gasteiger charge is -2.17. The minimum Gasteiger partial charge on any atom is -0.399 e. The molecule has 2 aromatic heterocycles. The predicted molar refractivity (Wildman–Crippen MR) is 129 cm³/mol. The summed E-state index contributed by atoms with van der Waals surface area (Å²) in [5, 5.41) is 14.6. The number of nitrogen functional groups attached to an aromatic ring is 1. The molecule has 4 aromatic rings. The van der Waals surface area contributed by atoms with E-state index in [2.05, 4.69) is 10.3 Å². The van der Waals surface area contributed by atoms with E-state index in [1.54, 1.807) is 18.3 Å². The number of rotatable bonds is 6. The van der Waals surface area contributed by atoms with Crippen molar-refractivity contribution in [3.05, 3.63) is 66.0 Å². The maximum Gasteiger partial charge on any atom is 0.259 e. The number of amides is 2. The highest BCUT2D eigenvalue weighted by atomic mass is 16.3. The van der Waals surface area contributed by atoms with Crippen LogP contribution in [-0.2, 0) is 16.1 Å². The number of anilines is 1. The number of benzene rings is 2. The molecule has 33 heavy (non-hydrogen) atoms. The highest BCUT2D eigenvalue weighted by Crippen LogP contribution is 2.38. The fourth-order valence-corrected chi connectivity index (χ4v) is 4.62. The van der Waals surface area contributed by atoms with E-state index in [1.165, 1.54) is 0 Å². The van der Waals surface area contributed by atoms with Gasteiger partial charge in [0, 0.05) is 64.1 Å². The number of carbonyl (C=O) groups is 2. The van der Waals surface area contributed by atoms with Crippen LogP contribution in [0.2, 0.25) is 0 Å². The Hall–Kier alpha value is -3.88. The van der Waals surface area contributed by atoms with Gasteiger partial charge in [-0.3, -0.25) is 14.9 Å². The van der Waals surface area contributed by atoms with Crippen molar-refractivity contribution in [2.75, 3.05) is 26.4 Å². The largest absolute Gasteiger partial charge is 0.399 e. The van der Waals surface area contributed by atoms with Crippen molar-refractivity contribution >= 4 is 50.5 Å². The lowest BCUT2D eigenvalue weighted by Crippen LogP contribution is -2.29. The normalized spacial score (nSPS) is 15.3. The van der Waals surface area contributed by atoms with E-state index in [0.717, 1.165) is 21.8 Å². The fraction of sp³-hybridized carbons (Fsp3) is 0.200. The Kier molecular flexibility index (Phi) is 5.03. The predicted octanol–water partition coefficient (Wildman–Crippen LogP) is 2.19. The van der Waals surface area contributed by atoms with Gasteiger partial charge < -0.3 is 25.3 Å². The number of likely N-dealkylation sites (N-methyl/N-ethyl adjacent to an activating group) is 1. The molecule has 1 aliphatic rings. The Balaban J connectivity index is 1.73. The first-order valence-corrected chi connectivity index (χ1v) is 10.7. The van der Waals surface area contributed by atoms with Gasteiger partial charge in [0.15, 0.2) is 0 Å². The highest BCUT2D eigenvalue weighted by Gasteiger charge is 2.35. The molecule has 1 aliphatic heterocycles. The number of fused-ring (bicyclic) bond motifs is 2. The number of aliphatic hydroxyl groups excluding tert-OH is 1. The van der Waals surface area contributed by atoms with Gasteiger partial charge in [-0.2, -0.15) is 0 Å². The second kappa shape index (κ2) is 7.91. The molecule has 0 saturated heterocycles. The van der Waals surface area contributed by atoms with E-state index in [1.807, 2.05) is 60.1 Å². The molecular formula is C25H25N5O3. The molecule has 8 heteroatoms. The standard InChI is InChI=1S/C25H25N5O3/c1-29(2)11-15(31)12-30-13-19(17-9-14(26)7-8-21(17)30)23-22(24(32)28-25(23)33)18-10-27-20-6-4-3-5-16(18)20/h3-10,13,15,27,31H,11-12,26H2,1-2H3,(H,28,32,33). The van der Waals surface area contributed by atoms with Gasteiger partial charge in [0.25, 0.3) is 11.8 Å². The molecule has 1 unspecified atom stereocenters. The molecule has 5 N–H and O–H groups in total. The quantitative estimate of drug-likeness (QED) is 0.269. The van der Waals surface area contributed by atoms with Crippen molar-refractivity contribution < 1.29 is 14.7 Å². The summed E-state index contributed by atoms with van der Waals surface area (Å²) in [6.07, 6.45) is 2.97. The van der Waals surface area contributed by atoms with Crippen LogP contribution in [0.1, 0.15) is 11.1 Å². The van der Waals surface area contributed by atoms with Crippen molar-refractivity contribution in [2.24, 2.45) is 0 Å². The Morgan fingerprint density at radius 2 is 1.76 bits per heavy atom. The fourth-order valence-electron chi connectivity index (χ4n) is 4.62. The summed E-state index contributed by atoms with van der Waals surface area (Å²) >= 11 is 0. The Morgan fingerprint density at radius 1 is 1.03 bits per heavy atom. The molecule has 168 valence electrons. The number of hydrogen-bond acceptors (Lipinski definition) is 5. The summed E-state index contributed by atoms with van der Waals surface area (Å²) in [5.41, 5.74) is 10.2. The number of hydrogen-bond donors (Lipinski definition) is 4. The topological polar surface area (TPSA) is 116 Å². The lowest BCUT2D eigenvalue weighted by atomic mass is 9.95. The molecule has 2 aromatic carbocycles. The number of aromatic nitrogens is 2. The summed E-state index contributed by atoms with van der Waals surface area (Å²) < 4.78 is 1.91. The van der Waals surface area contributed by atoms with Gasteiger partial charge in [0.05, 0.1) is 17.3 Å². The van der Waals surface area contributed by atoms with Gasteiger partial charge >= 0.3 is 0 Å². The number of aromatic amines is 1. The summed E-state index contributed by atoms with van der Waals surface area (Å²) in [7, 11) is 3.80. The van der Waals surface area contributed by atoms with Gasteiger partial charge in [0.1, 0.15) is 0 Å². The molecule has 3 heterocycles. The number of nitrogens with zero attached hydrogens (tertiary/aromatic N) is 2. The average molecular weight is 444 g/mol. The molecule has 0 radical (unpaired) electrons. The number of nitrogens with two attached hydrogens (primary N) is 1. The summed E-state index contributed by atoms with van der Waals surface area (Å²) in [5.74, 6) is -0.882. The van der Waals surface area contributed by atoms with Crippen LogP contribution in [0.4, 0.5) is 5.69 Å². The van der Waals surface area contributed by atoms with E-state index in [0.29, 0.717) is 41.1 Å². The molecule has 0 saturated carbocycles. The van der Waals surface area contributed by atoms with Crippen molar-refractivity contribution in [3.63, 3.8) is 0 Å². The SMILES string of the molecule is CN(C)CC(O)Cn1cc(C2=C(c3c[nH]c4ccccc34)C(=O)NC2=O)c2cc(N)ccc21. The number of carbonyl (C=O) groups excluding carboxylic acids is 2. The minimum absolute atomic E-state index is 0.307. The maximum atomic E-state index is 13.0. The van der Waals surface area contributed by atoms with Crippen LogP contribution < -0.4 is 11.1 Å². The van der Waals surface area contributed by atoms with Crippen LogP contribution in [0.15, 0.2) is 54.9 Å². The third kappa shape index (κ3) is 3.59. The number of imide groups is 1. The number of H-pyrrole nitrogens is 1. The number of nitrogens with one attached hydrogen (secondary N) is 2. The molecular weight excluding hydrogens is 418 g/mol. The third-order valence-corrected chi connectivity index (χ3v) is 5.95.